The number of fused-ring (bicyclic) bond motifs is 1. The number of hydrogen-bond acceptors (Lipinski definition) is 4. The third-order valence-corrected chi connectivity index (χ3v) is 6.80. The molecule has 1 N–H and O–H groups in total. The summed E-state index contributed by atoms with van der Waals surface area (Å²) in [6.07, 6.45) is 1.40. The van der Waals surface area contributed by atoms with Crippen molar-refractivity contribution in [2.24, 2.45) is 4.40 Å². The van der Waals surface area contributed by atoms with Crippen LogP contribution in [0.25, 0.3) is 0 Å². The van der Waals surface area contributed by atoms with Gasteiger partial charge < -0.3 is 5.32 Å². The first kappa shape index (κ1) is 21.6. The Morgan fingerprint density at radius 3 is 2.16 bits per heavy atom. The number of rotatable bonds is 4. The van der Waals surface area contributed by atoms with Gasteiger partial charge in [0.15, 0.2) is 0 Å². The van der Waals surface area contributed by atoms with Crippen LogP contribution in [0.2, 0.25) is 15.1 Å². The molecule has 0 bridgehead atoms. The van der Waals surface area contributed by atoms with Crippen molar-refractivity contribution in [3.8, 4) is 0 Å². The van der Waals surface area contributed by atoms with Crippen LogP contribution in [0.1, 0.15) is 15.9 Å². The Balaban J connectivity index is 1.80. The molecule has 1 aliphatic carbocycles. The summed E-state index contributed by atoms with van der Waals surface area (Å²) in [7, 11) is -4.04. The molecule has 0 radical (unpaired) electrons. The molecule has 0 amide bonds. The molecule has 0 fully saturated rings. The van der Waals surface area contributed by atoms with E-state index >= 15 is 0 Å². The van der Waals surface area contributed by atoms with E-state index in [1.54, 1.807) is 42.5 Å². The number of carbonyl (C=O) groups excluding carboxylic acids is 1. The van der Waals surface area contributed by atoms with Gasteiger partial charge in [0.1, 0.15) is 0 Å². The molecule has 4 rings (SSSR count). The molecule has 0 spiro atoms. The van der Waals surface area contributed by atoms with E-state index in [0.717, 1.165) is 0 Å². The van der Waals surface area contributed by atoms with E-state index in [-0.39, 0.29) is 22.1 Å². The molecule has 5 nitrogen and oxygen atoms in total. The van der Waals surface area contributed by atoms with Crippen molar-refractivity contribution in [1.82, 2.24) is 0 Å². The summed E-state index contributed by atoms with van der Waals surface area (Å²) in [5, 5.41) is 4.08. The van der Waals surface area contributed by atoms with E-state index in [1.807, 2.05) is 0 Å². The maximum Gasteiger partial charge on any atom is 0.282 e. The maximum atomic E-state index is 13.0. The quantitative estimate of drug-likeness (QED) is 0.484. The number of ketones is 1. The van der Waals surface area contributed by atoms with Crippen LogP contribution >= 0.6 is 34.8 Å². The van der Waals surface area contributed by atoms with Gasteiger partial charge in [0.2, 0.25) is 5.78 Å². The van der Waals surface area contributed by atoms with Crippen LogP contribution in [-0.4, -0.2) is 19.9 Å². The van der Waals surface area contributed by atoms with Crippen LogP contribution in [0.4, 0.5) is 5.69 Å². The van der Waals surface area contributed by atoms with Gasteiger partial charge in [0.25, 0.3) is 10.0 Å². The lowest BCUT2D eigenvalue weighted by Gasteiger charge is -2.19. The molecular weight excluding hydrogens is 479 g/mol. The minimum absolute atomic E-state index is 0.00817. The summed E-state index contributed by atoms with van der Waals surface area (Å²) < 4.78 is 29.7. The lowest BCUT2D eigenvalue weighted by molar-refractivity contribution is 0.103. The van der Waals surface area contributed by atoms with Gasteiger partial charge in [0.05, 0.1) is 26.3 Å². The Morgan fingerprint density at radius 2 is 1.48 bits per heavy atom. The number of nitrogens with zero attached hydrogens (tertiary/aromatic N) is 1. The number of sulfonamides is 1. The highest BCUT2D eigenvalue weighted by atomic mass is 35.5. The molecule has 1 aliphatic rings. The largest absolute Gasteiger partial charge is 0.352 e. The first-order valence-electron chi connectivity index (χ1n) is 8.93. The highest BCUT2D eigenvalue weighted by molar-refractivity contribution is 7.90. The van der Waals surface area contributed by atoms with Gasteiger partial charge in [-0.15, -0.1) is 0 Å². The van der Waals surface area contributed by atoms with Gasteiger partial charge in [-0.05, 0) is 48.5 Å². The Bertz CT molecular complexity index is 1370. The van der Waals surface area contributed by atoms with Gasteiger partial charge in [-0.2, -0.15) is 12.8 Å². The molecule has 0 atom stereocenters. The Hall–Kier alpha value is -2.64. The van der Waals surface area contributed by atoms with E-state index in [0.29, 0.717) is 31.9 Å². The average Bonchev–Trinajstić information content (AvgIpc) is 2.74. The van der Waals surface area contributed by atoms with Gasteiger partial charge in [-0.25, -0.2) is 0 Å². The van der Waals surface area contributed by atoms with E-state index < -0.39 is 10.0 Å². The molecule has 0 unspecified atom stereocenters. The van der Waals surface area contributed by atoms with Crippen molar-refractivity contribution in [2.75, 3.05) is 5.32 Å². The summed E-state index contributed by atoms with van der Waals surface area (Å²) in [6, 6.07) is 17.2. The smallest absolute Gasteiger partial charge is 0.282 e. The number of nitrogens with one attached hydrogen (secondary N) is 1. The highest BCUT2D eigenvalue weighted by Gasteiger charge is 2.26. The van der Waals surface area contributed by atoms with Crippen LogP contribution in [0, 0.1) is 0 Å². The first-order chi connectivity index (χ1) is 14.7. The highest BCUT2D eigenvalue weighted by Crippen LogP contribution is 2.29. The predicted octanol–water partition coefficient (Wildman–Crippen LogP) is 6.02. The molecule has 0 heterocycles. The molecule has 31 heavy (non-hydrogen) atoms. The third kappa shape index (κ3) is 4.52. The van der Waals surface area contributed by atoms with Crippen LogP contribution in [0.5, 0.6) is 0 Å². The number of carbonyl (C=O) groups is 1. The standard InChI is InChI=1S/C22H13Cl3N2O3S/c23-13-5-8-15(9-6-13)31(29,30)27-20-12-21(22(28)17-4-2-1-3-16(17)20)26-14-7-10-18(24)19(25)11-14/h1-12,26H/b27-20-. The van der Waals surface area contributed by atoms with E-state index in [1.165, 1.54) is 30.3 Å². The summed E-state index contributed by atoms with van der Waals surface area (Å²) in [5.41, 5.74) is 1.56. The predicted molar refractivity (Wildman–Crippen MR) is 124 cm³/mol. The SMILES string of the molecule is O=C1C(Nc2ccc(Cl)c(Cl)c2)=C/C(=N/S(=O)(=O)c2ccc(Cl)cc2)c2ccccc21. The van der Waals surface area contributed by atoms with Gasteiger partial charge in [-0.3, -0.25) is 4.79 Å². The molecule has 156 valence electrons. The van der Waals surface area contributed by atoms with Gasteiger partial charge in [0, 0.05) is 21.8 Å². The van der Waals surface area contributed by atoms with E-state index in [2.05, 4.69) is 9.71 Å². The fourth-order valence-corrected chi connectivity index (χ4v) is 4.44. The molecular formula is C22H13Cl3N2O3S. The maximum absolute atomic E-state index is 13.0. The van der Waals surface area contributed by atoms with Crippen LogP contribution in [-0.2, 0) is 10.0 Å². The zero-order valence-electron chi connectivity index (χ0n) is 15.6. The Kier molecular flexibility index (Phi) is 5.90. The monoisotopic (exact) mass is 490 g/mol. The molecule has 3 aromatic carbocycles. The van der Waals surface area contributed by atoms with Crippen LogP contribution in [0.3, 0.4) is 0 Å². The summed E-state index contributed by atoms with van der Waals surface area (Å²) in [6.45, 7) is 0. The second-order valence-electron chi connectivity index (χ2n) is 6.59. The zero-order chi connectivity index (χ0) is 22.2. The molecule has 0 saturated heterocycles. The molecule has 0 aromatic heterocycles. The summed E-state index contributed by atoms with van der Waals surface area (Å²) in [5.74, 6) is -0.301. The summed E-state index contributed by atoms with van der Waals surface area (Å²) in [4.78, 5) is 13.0. The van der Waals surface area contributed by atoms with Crippen molar-refractivity contribution in [3.63, 3.8) is 0 Å². The second-order valence-corrected chi connectivity index (χ2v) is 9.45. The lowest BCUT2D eigenvalue weighted by Crippen LogP contribution is -2.22. The van der Waals surface area contributed by atoms with Gasteiger partial charge in [-0.1, -0.05) is 59.1 Å². The fourth-order valence-electron chi connectivity index (χ4n) is 3.02. The van der Waals surface area contributed by atoms with Crippen molar-refractivity contribution < 1.29 is 13.2 Å². The number of benzene rings is 3. The Morgan fingerprint density at radius 1 is 0.806 bits per heavy atom. The minimum Gasteiger partial charge on any atom is -0.352 e. The van der Waals surface area contributed by atoms with Crippen LogP contribution in [0.15, 0.2) is 87.8 Å². The minimum atomic E-state index is -4.04. The normalized spacial score (nSPS) is 14.9. The van der Waals surface area contributed by atoms with Crippen LogP contribution < -0.4 is 5.32 Å². The van der Waals surface area contributed by atoms with E-state index in [9.17, 15) is 13.2 Å². The third-order valence-electron chi connectivity index (χ3n) is 4.50. The second kappa shape index (κ2) is 8.48. The van der Waals surface area contributed by atoms with Crippen molar-refractivity contribution in [1.29, 1.82) is 0 Å². The average molecular weight is 492 g/mol. The molecule has 0 saturated carbocycles. The van der Waals surface area contributed by atoms with E-state index in [4.69, 9.17) is 34.8 Å². The molecule has 9 heteroatoms. The Labute approximate surface area is 194 Å². The first-order valence-corrected chi connectivity index (χ1v) is 11.5. The summed E-state index contributed by atoms with van der Waals surface area (Å²) >= 11 is 17.9. The van der Waals surface area contributed by atoms with Gasteiger partial charge >= 0.3 is 0 Å². The zero-order valence-corrected chi connectivity index (χ0v) is 18.7. The molecule has 0 aliphatic heterocycles. The number of Topliss-reactive ketones (excluding diaryl/α,β-unsaturated/α-hetero) is 1. The van der Waals surface area contributed by atoms with Crippen molar-refractivity contribution in [2.45, 2.75) is 4.90 Å². The number of anilines is 1. The van der Waals surface area contributed by atoms with Crippen molar-refractivity contribution >= 4 is 62.0 Å². The lowest BCUT2D eigenvalue weighted by atomic mass is 9.92. The number of allylic oxidation sites excluding steroid dienone is 2. The van der Waals surface area contributed by atoms with Crippen molar-refractivity contribution in [3.05, 3.63) is 105 Å². The number of hydrogen-bond donors (Lipinski definition) is 1. The fraction of sp³-hybridized carbons (Fsp3) is 0. The number of halogens is 3. The molecule has 3 aromatic rings. The topological polar surface area (TPSA) is 75.6 Å².